The second-order valence-electron chi connectivity index (χ2n) is 7.14. The van der Waals surface area contributed by atoms with Crippen molar-refractivity contribution >= 4 is 28.2 Å². The van der Waals surface area contributed by atoms with Crippen LogP contribution < -0.4 is 11.1 Å². The lowest BCUT2D eigenvalue weighted by Gasteiger charge is -2.15. The van der Waals surface area contributed by atoms with Crippen molar-refractivity contribution in [1.29, 1.82) is 5.26 Å². The van der Waals surface area contributed by atoms with E-state index in [9.17, 15) is 4.79 Å². The highest BCUT2D eigenvalue weighted by molar-refractivity contribution is 6.01. The summed E-state index contributed by atoms with van der Waals surface area (Å²) in [5.41, 5.74) is 11.5. The first-order valence-corrected chi connectivity index (χ1v) is 8.95. The number of fused-ring (bicyclic) bond motifs is 1. The standard InChI is InChI=1S/C22H20N4O/c1-12-5-3-4-6-16(12)17-7-14-9-20(25-11-19(14)21(24)13(17)2)26-22(27)18-8-15(18)10-23/h3-7,9,11,15,18H,8,24H2,1-2H3,(H,25,26,27)/t15-,18+/m0/s1. The van der Waals surface area contributed by atoms with Crippen LogP contribution >= 0.6 is 0 Å². The number of hydrogen-bond donors (Lipinski definition) is 2. The molecule has 0 saturated heterocycles. The molecule has 4 rings (SSSR count). The molecule has 1 fully saturated rings. The van der Waals surface area contributed by atoms with E-state index in [2.05, 4.69) is 41.5 Å². The maximum Gasteiger partial charge on any atom is 0.230 e. The van der Waals surface area contributed by atoms with E-state index >= 15 is 0 Å². The smallest absolute Gasteiger partial charge is 0.230 e. The van der Waals surface area contributed by atoms with Crippen LogP contribution in [0.25, 0.3) is 21.9 Å². The summed E-state index contributed by atoms with van der Waals surface area (Å²) in [7, 11) is 0. The third-order valence-electron chi connectivity index (χ3n) is 5.31. The van der Waals surface area contributed by atoms with Crippen molar-refractivity contribution in [1.82, 2.24) is 4.98 Å². The van der Waals surface area contributed by atoms with Crippen molar-refractivity contribution < 1.29 is 4.79 Å². The molecule has 1 aliphatic rings. The first-order valence-electron chi connectivity index (χ1n) is 8.95. The van der Waals surface area contributed by atoms with Gasteiger partial charge in [0, 0.05) is 17.3 Å². The fourth-order valence-corrected chi connectivity index (χ4v) is 3.50. The number of nitrogens with two attached hydrogens (primary N) is 1. The summed E-state index contributed by atoms with van der Waals surface area (Å²) in [6.45, 7) is 4.09. The summed E-state index contributed by atoms with van der Waals surface area (Å²) in [5.74, 6) is -0.0581. The number of aryl methyl sites for hydroxylation is 1. The summed E-state index contributed by atoms with van der Waals surface area (Å²) >= 11 is 0. The maximum absolute atomic E-state index is 12.2. The number of hydrogen-bond acceptors (Lipinski definition) is 4. The highest BCUT2D eigenvalue weighted by Crippen LogP contribution is 2.39. The maximum atomic E-state index is 12.2. The molecule has 27 heavy (non-hydrogen) atoms. The quantitative estimate of drug-likeness (QED) is 0.688. The van der Waals surface area contributed by atoms with Gasteiger partial charge in [-0.05, 0) is 60.0 Å². The van der Waals surface area contributed by atoms with Crippen LogP contribution in [0.2, 0.25) is 0 Å². The molecule has 1 saturated carbocycles. The van der Waals surface area contributed by atoms with E-state index in [-0.39, 0.29) is 17.7 Å². The molecule has 134 valence electrons. The zero-order chi connectivity index (χ0) is 19.1. The van der Waals surface area contributed by atoms with Crippen molar-refractivity contribution in [3.05, 3.63) is 53.7 Å². The Labute approximate surface area is 157 Å². The van der Waals surface area contributed by atoms with E-state index in [0.29, 0.717) is 17.9 Å². The fraction of sp³-hybridized carbons (Fsp3) is 0.227. The van der Waals surface area contributed by atoms with E-state index in [4.69, 9.17) is 11.0 Å². The Balaban J connectivity index is 1.75. The molecule has 0 spiro atoms. The van der Waals surface area contributed by atoms with Gasteiger partial charge in [-0.15, -0.1) is 0 Å². The molecule has 5 heteroatoms. The molecule has 2 atom stereocenters. The molecule has 0 aliphatic heterocycles. The van der Waals surface area contributed by atoms with Crippen molar-refractivity contribution in [2.45, 2.75) is 20.3 Å². The van der Waals surface area contributed by atoms with Crippen LogP contribution in [0.5, 0.6) is 0 Å². The topological polar surface area (TPSA) is 91.8 Å². The van der Waals surface area contributed by atoms with Gasteiger partial charge in [0.15, 0.2) is 0 Å². The lowest BCUT2D eigenvalue weighted by atomic mass is 9.93. The molecule has 1 heterocycles. The Morgan fingerprint density at radius 1 is 1.26 bits per heavy atom. The van der Waals surface area contributed by atoms with Gasteiger partial charge < -0.3 is 11.1 Å². The highest BCUT2D eigenvalue weighted by atomic mass is 16.2. The van der Waals surface area contributed by atoms with Crippen LogP contribution in [0.3, 0.4) is 0 Å². The zero-order valence-corrected chi connectivity index (χ0v) is 15.3. The molecule has 3 aromatic rings. The van der Waals surface area contributed by atoms with Crippen molar-refractivity contribution in [3.63, 3.8) is 0 Å². The summed E-state index contributed by atoms with van der Waals surface area (Å²) in [4.78, 5) is 16.5. The second-order valence-corrected chi connectivity index (χ2v) is 7.14. The molecule has 3 N–H and O–H groups in total. The van der Waals surface area contributed by atoms with Gasteiger partial charge in [-0.2, -0.15) is 5.26 Å². The molecule has 1 aromatic heterocycles. The highest BCUT2D eigenvalue weighted by Gasteiger charge is 2.43. The van der Waals surface area contributed by atoms with Crippen LogP contribution in [0, 0.1) is 37.0 Å². The van der Waals surface area contributed by atoms with Gasteiger partial charge >= 0.3 is 0 Å². The van der Waals surface area contributed by atoms with Gasteiger partial charge in [-0.25, -0.2) is 4.98 Å². The Morgan fingerprint density at radius 3 is 2.74 bits per heavy atom. The SMILES string of the molecule is Cc1ccccc1-c1cc2cc(NC(=O)[C@@H]3C[C@H]3C#N)ncc2c(N)c1C. The average molecular weight is 356 g/mol. The van der Waals surface area contributed by atoms with Gasteiger partial charge in [-0.1, -0.05) is 24.3 Å². The summed E-state index contributed by atoms with van der Waals surface area (Å²) in [6, 6.07) is 14.3. The minimum Gasteiger partial charge on any atom is -0.398 e. The molecule has 0 unspecified atom stereocenters. The van der Waals surface area contributed by atoms with Crippen LogP contribution in [0.1, 0.15) is 17.5 Å². The van der Waals surface area contributed by atoms with Gasteiger partial charge in [0.05, 0.1) is 17.9 Å². The molecular formula is C22H20N4O. The van der Waals surface area contributed by atoms with E-state index in [1.807, 2.05) is 25.1 Å². The lowest BCUT2D eigenvalue weighted by Crippen LogP contribution is -2.15. The Bertz CT molecular complexity index is 1110. The first-order chi connectivity index (χ1) is 13.0. The van der Waals surface area contributed by atoms with Gasteiger partial charge in [0.25, 0.3) is 0 Å². The first kappa shape index (κ1) is 17.0. The van der Waals surface area contributed by atoms with Crippen LogP contribution in [-0.4, -0.2) is 10.9 Å². The minimum absolute atomic E-state index is 0.146. The number of anilines is 2. The number of nitrogen functional groups attached to an aromatic ring is 1. The van der Waals surface area contributed by atoms with Crippen molar-refractivity contribution in [3.8, 4) is 17.2 Å². The average Bonchev–Trinajstić information content (AvgIpc) is 3.45. The molecule has 5 nitrogen and oxygen atoms in total. The third kappa shape index (κ3) is 3.00. The van der Waals surface area contributed by atoms with E-state index < -0.39 is 0 Å². The number of aromatic nitrogens is 1. The van der Waals surface area contributed by atoms with Gasteiger partial charge in [-0.3, -0.25) is 4.79 Å². The third-order valence-corrected chi connectivity index (χ3v) is 5.31. The van der Waals surface area contributed by atoms with Crippen LogP contribution in [0.4, 0.5) is 11.5 Å². The monoisotopic (exact) mass is 356 g/mol. The summed E-state index contributed by atoms with van der Waals surface area (Å²) in [5, 5.41) is 13.5. The van der Waals surface area contributed by atoms with Gasteiger partial charge in [0.1, 0.15) is 5.82 Å². The molecular weight excluding hydrogens is 336 g/mol. The predicted octanol–water partition coefficient (Wildman–Crippen LogP) is 4.20. The Hall–Kier alpha value is -3.39. The van der Waals surface area contributed by atoms with Gasteiger partial charge in [0.2, 0.25) is 5.91 Å². The number of carbonyl (C=O) groups is 1. The number of amides is 1. The number of carbonyl (C=O) groups excluding carboxylic acids is 1. The number of nitrogens with zero attached hydrogens (tertiary/aromatic N) is 2. The molecule has 2 aromatic carbocycles. The number of nitrogens with one attached hydrogen (secondary N) is 1. The van der Waals surface area contributed by atoms with E-state index in [0.717, 1.165) is 27.5 Å². The minimum atomic E-state index is -0.224. The van der Waals surface area contributed by atoms with E-state index in [1.54, 1.807) is 6.20 Å². The number of rotatable bonds is 3. The van der Waals surface area contributed by atoms with Crippen LogP contribution in [-0.2, 0) is 4.79 Å². The fourth-order valence-electron chi connectivity index (χ4n) is 3.50. The molecule has 1 aliphatic carbocycles. The van der Waals surface area contributed by atoms with Crippen LogP contribution in [0.15, 0.2) is 42.6 Å². The summed E-state index contributed by atoms with van der Waals surface area (Å²) < 4.78 is 0. The molecule has 0 radical (unpaired) electrons. The predicted molar refractivity (Wildman–Crippen MR) is 107 cm³/mol. The largest absolute Gasteiger partial charge is 0.398 e. The number of nitriles is 1. The Kier molecular flexibility index (Phi) is 4.04. The molecule has 1 amide bonds. The number of benzene rings is 2. The molecule has 0 bridgehead atoms. The Morgan fingerprint density at radius 2 is 2.04 bits per heavy atom. The number of pyridine rings is 1. The second kappa shape index (κ2) is 6.40. The lowest BCUT2D eigenvalue weighted by molar-refractivity contribution is -0.117. The normalized spacial score (nSPS) is 18.1. The summed E-state index contributed by atoms with van der Waals surface area (Å²) in [6.07, 6.45) is 2.32. The van der Waals surface area contributed by atoms with Crippen molar-refractivity contribution in [2.75, 3.05) is 11.1 Å². The van der Waals surface area contributed by atoms with Crippen molar-refractivity contribution in [2.24, 2.45) is 11.8 Å². The van der Waals surface area contributed by atoms with E-state index in [1.165, 1.54) is 5.56 Å². The zero-order valence-electron chi connectivity index (χ0n) is 15.3.